The molecule has 0 saturated heterocycles. The van der Waals surface area contributed by atoms with Gasteiger partial charge in [0.1, 0.15) is 0 Å². The second kappa shape index (κ2) is 4.90. The molecule has 0 radical (unpaired) electrons. The van der Waals surface area contributed by atoms with E-state index in [1.165, 1.54) is 30.5 Å². The SMILES string of the molecule is O=C(O)c1cccc(Cl)c1NS(=O)(=O)c1ccn[nH]1. The maximum atomic E-state index is 12.0. The standard InChI is InChI=1S/C10H8ClN3O4S/c11-7-3-1-2-6(10(15)16)9(7)14-19(17,18)8-4-5-12-13-8/h1-5,14H,(H,12,13)(H,15,16). The normalized spacial score (nSPS) is 11.2. The smallest absolute Gasteiger partial charge is 0.337 e. The van der Waals surface area contributed by atoms with Crippen molar-refractivity contribution in [1.82, 2.24) is 10.2 Å². The Morgan fingerprint density at radius 1 is 1.37 bits per heavy atom. The van der Waals surface area contributed by atoms with Gasteiger partial charge in [0.2, 0.25) is 0 Å². The number of aromatic carboxylic acids is 1. The summed E-state index contributed by atoms with van der Waals surface area (Å²) in [7, 11) is -3.96. The number of aromatic nitrogens is 2. The van der Waals surface area contributed by atoms with Gasteiger partial charge in [0, 0.05) is 0 Å². The number of H-pyrrole nitrogens is 1. The van der Waals surface area contributed by atoms with E-state index >= 15 is 0 Å². The van der Waals surface area contributed by atoms with Crippen molar-refractivity contribution >= 4 is 33.3 Å². The molecule has 19 heavy (non-hydrogen) atoms. The van der Waals surface area contributed by atoms with Gasteiger partial charge >= 0.3 is 5.97 Å². The molecule has 2 aromatic rings. The maximum Gasteiger partial charge on any atom is 0.337 e. The number of sulfonamides is 1. The first kappa shape index (κ1) is 13.4. The number of halogens is 1. The lowest BCUT2D eigenvalue weighted by Gasteiger charge is -2.10. The van der Waals surface area contributed by atoms with Crippen LogP contribution >= 0.6 is 11.6 Å². The van der Waals surface area contributed by atoms with E-state index in [-0.39, 0.29) is 21.3 Å². The summed E-state index contributed by atoms with van der Waals surface area (Å²) in [4.78, 5) is 11.0. The van der Waals surface area contributed by atoms with Gasteiger partial charge in [-0.05, 0) is 18.2 Å². The Morgan fingerprint density at radius 2 is 2.11 bits per heavy atom. The number of carboxylic acid groups (broad SMARTS) is 1. The highest BCUT2D eigenvalue weighted by molar-refractivity contribution is 7.92. The van der Waals surface area contributed by atoms with Crippen LogP contribution in [0.1, 0.15) is 10.4 Å². The van der Waals surface area contributed by atoms with E-state index < -0.39 is 16.0 Å². The second-order valence-electron chi connectivity index (χ2n) is 3.49. The van der Waals surface area contributed by atoms with Crippen LogP contribution in [0.3, 0.4) is 0 Å². The average molecular weight is 302 g/mol. The van der Waals surface area contributed by atoms with Crippen molar-refractivity contribution in [3.63, 3.8) is 0 Å². The first-order chi connectivity index (χ1) is 8.92. The largest absolute Gasteiger partial charge is 0.478 e. The lowest BCUT2D eigenvalue weighted by atomic mass is 10.2. The van der Waals surface area contributed by atoms with E-state index in [0.717, 1.165) is 0 Å². The summed E-state index contributed by atoms with van der Waals surface area (Å²) in [6, 6.07) is 5.29. The lowest BCUT2D eigenvalue weighted by Crippen LogP contribution is -2.16. The number of benzene rings is 1. The van der Waals surface area contributed by atoms with Crippen molar-refractivity contribution in [2.24, 2.45) is 0 Å². The van der Waals surface area contributed by atoms with Gasteiger partial charge < -0.3 is 5.11 Å². The highest BCUT2D eigenvalue weighted by Gasteiger charge is 2.21. The molecule has 0 aliphatic heterocycles. The number of nitrogens with one attached hydrogen (secondary N) is 2. The van der Waals surface area contributed by atoms with Crippen LogP contribution in [0, 0.1) is 0 Å². The van der Waals surface area contributed by atoms with Crippen LogP contribution in [0.15, 0.2) is 35.5 Å². The van der Waals surface area contributed by atoms with E-state index in [0.29, 0.717) is 0 Å². The number of aromatic amines is 1. The van der Waals surface area contributed by atoms with Gasteiger partial charge in [0.05, 0.1) is 22.5 Å². The Labute approximate surface area is 113 Å². The summed E-state index contributed by atoms with van der Waals surface area (Å²) in [5, 5.41) is 14.6. The molecule has 0 amide bonds. The number of rotatable bonds is 4. The second-order valence-corrected chi connectivity index (χ2v) is 5.55. The predicted molar refractivity (Wildman–Crippen MR) is 67.8 cm³/mol. The summed E-state index contributed by atoms with van der Waals surface area (Å²) in [6.45, 7) is 0. The van der Waals surface area contributed by atoms with E-state index in [4.69, 9.17) is 16.7 Å². The molecule has 0 saturated carbocycles. The molecular formula is C10H8ClN3O4S. The fourth-order valence-electron chi connectivity index (χ4n) is 1.39. The number of carbonyl (C=O) groups is 1. The van der Waals surface area contributed by atoms with Crippen LogP contribution in [0.5, 0.6) is 0 Å². The quantitative estimate of drug-likeness (QED) is 0.793. The molecular weight excluding hydrogens is 294 g/mol. The van der Waals surface area contributed by atoms with Crippen molar-refractivity contribution in [2.75, 3.05) is 4.72 Å². The molecule has 0 bridgehead atoms. The van der Waals surface area contributed by atoms with Gasteiger partial charge in [-0.2, -0.15) is 13.5 Å². The predicted octanol–water partition coefficient (Wildman–Crippen LogP) is 1.56. The number of anilines is 1. The number of carboxylic acids is 1. The fraction of sp³-hybridized carbons (Fsp3) is 0. The van der Waals surface area contributed by atoms with Crippen LogP contribution in [0.25, 0.3) is 0 Å². The van der Waals surface area contributed by atoms with Crippen molar-refractivity contribution in [2.45, 2.75) is 5.03 Å². The van der Waals surface area contributed by atoms with E-state index in [9.17, 15) is 13.2 Å². The first-order valence-corrected chi connectivity index (χ1v) is 6.82. The molecule has 7 nitrogen and oxygen atoms in total. The minimum atomic E-state index is -3.96. The maximum absolute atomic E-state index is 12.0. The van der Waals surface area contributed by atoms with Crippen LogP contribution in [0.4, 0.5) is 5.69 Å². The molecule has 3 N–H and O–H groups in total. The Bertz CT molecular complexity index is 712. The van der Waals surface area contributed by atoms with Crippen molar-refractivity contribution in [3.05, 3.63) is 41.0 Å². The number of nitrogens with zero attached hydrogens (tertiary/aromatic N) is 1. The van der Waals surface area contributed by atoms with E-state index in [1.54, 1.807) is 0 Å². The lowest BCUT2D eigenvalue weighted by molar-refractivity contribution is 0.0698. The van der Waals surface area contributed by atoms with Crippen LogP contribution in [-0.2, 0) is 10.0 Å². The number of hydrogen-bond donors (Lipinski definition) is 3. The Kier molecular flexibility index (Phi) is 3.45. The molecule has 1 aromatic carbocycles. The minimum absolute atomic E-state index is 0.0111. The summed E-state index contributed by atoms with van der Waals surface area (Å²) >= 11 is 5.82. The third-order valence-electron chi connectivity index (χ3n) is 2.25. The van der Waals surface area contributed by atoms with E-state index in [2.05, 4.69) is 14.9 Å². The summed E-state index contributed by atoms with van der Waals surface area (Å²) in [5.41, 5.74) is -0.429. The molecule has 0 spiro atoms. The molecule has 0 atom stereocenters. The minimum Gasteiger partial charge on any atom is -0.478 e. The number of para-hydroxylation sites is 1. The zero-order valence-electron chi connectivity index (χ0n) is 9.29. The van der Waals surface area contributed by atoms with Gasteiger partial charge in [-0.25, -0.2) is 4.79 Å². The Hall–Kier alpha value is -2.06. The summed E-state index contributed by atoms with van der Waals surface area (Å²) in [6.07, 6.45) is 1.26. The van der Waals surface area contributed by atoms with Crippen molar-refractivity contribution in [3.8, 4) is 0 Å². The van der Waals surface area contributed by atoms with E-state index in [1.807, 2.05) is 0 Å². The van der Waals surface area contributed by atoms with Crippen LogP contribution < -0.4 is 4.72 Å². The fourth-order valence-corrected chi connectivity index (χ4v) is 2.68. The molecule has 0 aliphatic rings. The molecule has 1 heterocycles. The Morgan fingerprint density at radius 3 is 2.68 bits per heavy atom. The zero-order valence-corrected chi connectivity index (χ0v) is 10.9. The monoisotopic (exact) mass is 301 g/mol. The van der Waals surface area contributed by atoms with Gasteiger partial charge in [0.25, 0.3) is 10.0 Å². The third kappa shape index (κ3) is 2.69. The van der Waals surface area contributed by atoms with Crippen molar-refractivity contribution in [1.29, 1.82) is 0 Å². The van der Waals surface area contributed by atoms with Crippen LogP contribution in [0.2, 0.25) is 5.02 Å². The van der Waals surface area contributed by atoms with Gasteiger partial charge in [-0.15, -0.1) is 0 Å². The molecule has 0 unspecified atom stereocenters. The van der Waals surface area contributed by atoms with Gasteiger partial charge in [-0.1, -0.05) is 17.7 Å². The molecule has 0 aliphatic carbocycles. The molecule has 9 heteroatoms. The zero-order chi connectivity index (χ0) is 14.0. The van der Waals surface area contributed by atoms with Gasteiger partial charge in [0.15, 0.2) is 5.03 Å². The topological polar surface area (TPSA) is 112 Å². The Balaban J connectivity index is 2.48. The third-order valence-corrected chi connectivity index (χ3v) is 3.84. The molecule has 0 fully saturated rings. The van der Waals surface area contributed by atoms with Crippen molar-refractivity contribution < 1.29 is 18.3 Å². The first-order valence-electron chi connectivity index (χ1n) is 4.96. The van der Waals surface area contributed by atoms with Crippen LogP contribution in [-0.4, -0.2) is 29.7 Å². The molecule has 1 aromatic heterocycles. The summed E-state index contributed by atoms with van der Waals surface area (Å²) < 4.78 is 26.0. The molecule has 2 rings (SSSR count). The molecule has 100 valence electrons. The highest BCUT2D eigenvalue weighted by Crippen LogP contribution is 2.28. The number of hydrogen-bond acceptors (Lipinski definition) is 4. The van der Waals surface area contributed by atoms with Gasteiger partial charge in [-0.3, -0.25) is 9.82 Å². The summed E-state index contributed by atoms with van der Waals surface area (Å²) in [5.74, 6) is -1.29. The average Bonchev–Trinajstić information content (AvgIpc) is 2.85. The highest BCUT2D eigenvalue weighted by atomic mass is 35.5.